The lowest BCUT2D eigenvalue weighted by atomic mass is 10.0. The van der Waals surface area contributed by atoms with Crippen LogP contribution in [-0.4, -0.2) is 34.3 Å². The molecule has 1 amide bonds. The number of hydrogen-bond acceptors (Lipinski definition) is 5. The van der Waals surface area contributed by atoms with Gasteiger partial charge in [0.25, 0.3) is 0 Å². The number of fused-ring (bicyclic) bond motifs is 1. The van der Waals surface area contributed by atoms with Crippen molar-refractivity contribution in [1.29, 1.82) is 0 Å². The van der Waals surface area contributed by atoms with Gasteiger partial charge < -0.3 is 9.84 Å². The highest BCUT2D eigenvalue weighted by Gasteiger charge is 2.28. The summed E-state index contributed by atoms with van der Waals surface area (Å²) in [6.45, 7) is 6.16. The summed E-state index contributed by atoms with van der Waals surface area (Å²) in [6, 6.07) is 7.50. The van der Waals surface area contributed by atoms with E-state index in [4.69, 9.17) is 14.8 Å². The second-order valence-electron chi connectivity index (χ2n) is 7.59. The third kappa shape index (κ3) is 4.86. The second-order valence-corrected chi connectivity index (χ2v) is 8.76. The highest BCUT2D eigenvalue weighted by Crippen LogP contribution is 2.27. The topological polar surface area (TPSA) is 79.7 Å². The molecule has 2 aromatic rings. The molecule has 3 rings (SSSR count). The van der Waals surface area contributed by atoms with E-state index in [1.54, 1.807) is 11.0 Å². The zero-order valence-corrected chi connectivity index (χ0v) is 16.6. The number of pyridine rings is 1. The number of carbonyl (C=O) groups is 2. The molecule has 0 radical (unpaired) electrons. The summed E-state index contributed by atoms with van der Waals surface area (Å²) in [4.78, 5) is 31.2. The molecule has 2 aromatic heterocycles. The Morgan fingerprint density at radius 2 is 2.00 bits per heavy atom. The molecule has 1 aliphatic heterocycles. The number of nitrogens with zero attached hydrogens (tertiary/aromatic N) is 2. The number of carbonyl (C=O) groups excluding carboxylic acids is 1. The van der Waals surface area contributed by atoms with Crippen molar-refractivity contribution in [3.8, 4) is 0 Å². The molecule has 0 saturated carbocycles. The highest BCUT2D eigenvalue weighted by molar-refractivity contribution is 7.13. The summed E-state index contributed by atoms with van der Waals surface area (Å²) in [6.07, 6.45) is 2.83. The molecule has 0 spiro atoms. The van der Waals surface area contributed by atoms with Crippen LogP contribution in [0, 0.1) is 0 Å². The van der Waals surface area contributed by atoms with Gasteiger partial charge in [-0.3, -0.25) is 4.90 Å². The number of carboxylic acid groups (broad SMARTS) is 1. The van der Waals surface area contributed by atoms with Crippen molar-refractivity contribution in [3.05, 3.63) is 45.3 Å². The number of amides is 1. The Bertz CT molecular complexity index is 854. The molecule has 3 heterocycles. The molecule has 0 bridgehead atoms. The van der Waals surface area contributed by atoms with E-state index in [2.05, 4.69) is 0 Å². The van der Waals surface area contributed by atoms with Crippen molar-refractivity contribution in [2.24, 2.45) is 0 Å². The monoisotopic (exact) mass is 388 g/mol. The molecule has 0 atom stereocenters. The van der Waals surface area contributed by atoms with Crippen LogP contribution in [0.1, 0.15) is 53.0 Å². The molecule has 0 unspecified atom stereocenters. The minimum atomic E-state index is -0.897. The van der Waals surface area contributed by atoms with Gasteiger partial charge in [0, 0.05) is 17.1 Å². The Morgan fingerprint density at radius 1 is 1.22 bits per heavy atom. The van der Waals surface area contributed by atoms with Crippen LogP contribution in [-0.2, 0) is 24.0 Å². The molecule has 144 valence electrons. The summed E-state index contributed by atoms with van der Waals surface area (Å²) < 4.78 is 5.52. The molecular weight excluding hydrogens is 364 g/mol. The van der Waals surface area contributed by atoms with Crippen molar-refractivity contribution in [2.75, 3.05) is 11.4 Å². The zero-order valence-electron chi connectivity index (χ0n) is 15.8. The zero-order chi connectivity index (χ0) is 19.6. The van der Waals surface area contributed by atoms with Crippen LogP contribution in [0.15, 0.2) is 24.3 Å². The minimum Gasteiger partial charge on any atom is -0.477 e. The number of aryl methyl sites for hydroxylation is 3. The molecule has 1 aliphatic rings. The maximum Gasteiger partial charge on any atom is 0.416 e. The van der Waals surface area contributed by atoms with Crippen LogP contribution in [0.25, 0.3) is 0 Å². The lowest BCUT2D eigenvalue weighted by Gasteiger charge is -2.31. The van der Waals surface area contributed by atoms with Crippen LogP contribution in [0.3, 0.4) is 0 Å². The summed E-state index contributed by atoms with van der Waals surface area (Å²) in [5.41, 5.74) is 1.39. The number of thiophene rings is 1. The van der Waals surface area contributed by atoms with E-state index >= 15 is 0 Å². The van der Waals surface area contributed by atoms with Crippen molar-refractivity contribution >= 4 is 29.2 Å². The Morgan fingerprint density at radius 3 is 2.67 bits per heavy atom. The van der Waals surface area contributed by atoms with Crippen molar-refractivity contribution < 1.29 is 19.4 Å². The molecule has 0 saturated heterocycles. The fraction of sp³-hybridized carbons (Fsp3) is 0.450. The van der Waals surface area contributed by atoms with Gasteiger partial charge in [-0.15, -0.1) is 11.3 Å². The smallest absolute Gasteiger partial charge is 0.416 e. The molecule has 7 heteroatoms. The second kappa shape index (κ2) is 7.68. The van der Waals surface area contributed by atoms with Crippen molar-refractivity contribution in [2.45, 2.75) is 52.1 Å². The number of carboxylic acids is 1. The number of aromatic carboxylic acids is 1. The number of rotatable bonds is 4. The first-order chi connectivity index (χ1) is 12.7. The summed E-state index contributed by atoms with van der Waals surface area (Å²) in [5.74, 6) is -0.212. The highest BCUT2D eigenvalue weighted by atomic mass is 32.1. The van der Waals surface area contributed by atoms with Gasteiger partial charge in [0.1, 0.15) is 16.3 Å². The molecular formula is C20H24N2O4S. The normalized spacial score (nSPS) is 14.0. The summed E-state index contributed by atoms with van der Waals surface area (Å²) in [7, 11) is 0. The van der Waals surface area contributed by atoms with Crippen LogP contribution in [0.4, 0.5) is 10.6 Å². The Labute approximate surface area is 162 Å². The van der Waals surface area contributed by atoms with E-state index in [1.807, 2.05) is 39.0 Å². The average molecular weight is 388 g/mol. The number of ether oxygens (including phenoxy) is 1. The van der Waals surface area contributed by atoms with Crippen molar-refractivity contribution in [3.63, 3.8) is 0 Å². The lowest BCUT2D eigenvalue weighted by molar-refractivity contribution is 0.0575. The third-order valence-electron chi connectivity index (χ3n) is 4.21. The predicted octanol–water partition coefficient (Wildman–Crippen LogP) is 4.31. The molecule has 6 nitrogen and oxygen atoms in total. The maximum absolute atomic E-state index is 12.5. The van der Waals surface area contributed by atoms with Crippen LogP contribution >= 0.6 is 11.3 Å². The van der Waals surface area contributed by atoms with Gasteiger partial charge >= 0.3 is 12.1 Å². The summed E-state index contributed by atoms with van der Waals surface area (Å²) >= 11 is 1.29. The van der Waals surface area contributed by atoms with E-state index in [-0.39, 0.29) is 6.09 Å². The van der Waals surface area contributed by atoms with Gasteiger partial charge in [-0.1, -0.05) is 6.07 Å². The van der Waals surface area contributed by atoms with Gasteiger partial charge in [0.2, 0.25) is 0 Å². The first kappa shape index (κ1) is 19.4. The van der Waals surface area contributed by atoms with E-state index in [1.165, 1.54) is 11.3 Å². The lowest BCUT2D eigenvalue weighted by Crippen LogP contribution is -2.40. The molecule has 27 heavy (non-hydrogen) atoms. The quantitative estimate of drug-likeness (QED) is 0.844. The predicted molar refractivity (Wildman–Crippen MR) is 105 cm³/mol. The SMILES string of the molecule is CC(C)(C)OC(=O)N1CCCc2ccc(CCc3ccc(C(=O)O)s3)nc21. The van der Waals surface area contributed by atoms with E-state index in [0.717, 1.165) is 35.4 Å². The van der Waals surface area contributed by atoms with Gasteiger partial charge in [-0.2, -0.15) is 0 Å². The maximum atomic E-state index is 12.5. The standard InChI is InChI=1S/C20H24N2O4S/c1-20(2,3)26-19(25)22-12-4-5-13-6-7-14(21-17(13)22)8-9-15-10-11-16(27-15)18(23)24/h6-7,10-11H,4-5,8-9,12H2,1-3H3,(H,23,24). The van der Waals surface area contributed by atoms with E-state index < -0.39 is 11.6 Å². The Hall–Kier alpha value is -2.41. The van der Waals surface area contributed by atoms with Gasteiger partial charge in [-0.05, 0) is 70.2 Å². The molecule has 1 N–H and O–H groups in total. The first-order valence-corrected chi connectivity index (χ1v) is 9.86. The fourth-order valence-electron chi connectivity index (χ4n) is 2.99. The average Bonchev–Trinajstić information content (AvgIpc) is 3.07. The van der Waals surface area contributed by atoms with Crippen LogP contribution in [0.5, 0.6) is 0 Å². The van der Waals surface area contributed by atoms with Gasteiger partial charge in [0.15, 0.2) is 0 Å². The van der Waals surface area contributed by atoms with Crippen LogP contribution in [0.2, 0.25) is 0 Å². The summed E-state index contributed by atoms with van der Waals surface area (Å²) in [5, 5.41) is 9.03. The van der Waals surface area contributed by atoms with E-state index in [0.29, 0.717) is 23.7 Å². The fourth-order valence-corrected chi connectivity index (χ4v) is 3.84. The first-order valence-electron chi connectivity index (χ1n) is 9.04. The van der Waals surface area contributed by atoms with Gasteiger partial charge in [0.05, 0.1) is 0 Å². The Kier molecular flexibility index (Phi) is 5.51. The number of anilines is 1. The largest absolute Gasteiger partial charge is 0.477 e. The van der Waals surface area contributed by atoms with E-state index in [9.17, 15) is 9.59 Å². The van der Waals surface area contributed by atoms with Gasteiger partial charge in [-0.25, -0.2) is 14.6 Å². The molecule has 0 fully saturated rings. The number of hydrogen-bond donors (Lipinski definition) is 1. The van der Waals surface area contributed by atoms with Crippen LogP contribution < -0.4 is 4.90 Å². The number of aromatic nitrogens is 1. The Balaban J connectivity index is 1.74. The minimum absolute atomic E-state index is 0.347. The van der Waals surface area contributed by atoms with Crippen molar-refractivity contribution in [1.82, 2.24) is 4.98 Å². The third-order valence-corrected chi connectivity index (χ3v) is 5.34. The molecule has 0 aliphatic carbocycles. The molecule has 0 aromatic carbocycles.